The van der Waals surface area contributed by atoms with Crippen molar-refractivity contribution in [1.29, 1.82) is 0 Å². The van der Waals surface area contributed by atoms with E-state index < -0.39 is 16.1 Å². The number of hydrogen-bond acceptors (Lipinski definition) is 4. The van der Waals surface area contributed by atoms with Crippen molar-refractivity contribution < 1.29 is 18.0 Å². The van der Waals surface area contributed by atoms with E-state index in [0.29, 0.717) is 24.1 Å². The lowest BCUT2D eigenvalue weighted by atomic mass is 9.93. The summed E-state index contributed by atoms with van der Waals surface area (Å²) in [5, 5.41) is 2.76. The van der Waals surface area contributed by atoms with Crippen molar-refractivity contribution in [2.45, 2.75) is 61.9 Å². The number of nitrogens with one attached hydrogen (secondary N) is 2. The third kappa shape index (κ3) is 4.86. The normalized spacial score (nSPS) is 17.8. The molecule has 170 valence electrons. The number of sulfonamides is 1. The molecule has 2 amide bonds. The number of aryl methyl sites for hydroxylation is 1. The first kappa shape index (κ1) is 22.5. The second-order valence-electron chi connectivity index (χ2n) is 8.57. The molecule has 0 saturated heterocycles. The van der Waals surface area contributed by atoms with Gasteiger partial charge in [0.05, 0.1) is 4.90 Å². The molecule has 2 aromatic rings. The standard InChI is InChI=1S/C24H29N3O4S/c1-27(19-10-6-3-7-11-19)24(29)23(17-8-4-2-5-9-17)26-32(30,31)20-13-14-21-18(16-20)12-15-22(28)25-21/h2,4-5,8-9,13-14,16,19,23,26H,3,6-7,10-12,15H2,1H3,(H,25,28)/t23-/m1/s1. The van der Waals surface area contributed by atoms with Crippen LogP contribution in [0.4, 0.5) is 5.69 Å². The lowest BCUT2D eigenvalue weighted by molar-refractivity contribution is -0.134. The van der Waals surface area contributed by atoms with Gasteiger partial charge in [0.15, 0.2) is 0 Å². The summed E-state index contributed by atoms with van der Waals surface area (Å²) in [6.45, 7) is 0. The summed E-state index contributed by atoms with van der Waals surface area (Å²) in [7, 11) is -2.21. The number of likely N-dealkylation sites (N-methyl/N-ethyl adjacent to an activating group) is 1. The van der Waals surface area contributed by atoms with Crippen molar-refractivity contribution in [3.8, 4) is 0 Å². The first-order valence-electron chi connectivity index (χ1n) is 11.1. The van der Waals surface area contributed by atoms with Crippen LogP contribution in [0, 0.1) is 0 Å². The molecule has 7 nitrogen and oxygen atoms in total. The van der Waals surface area contributed by atoms with Crippen LogP contribution in [0.5, 0.6) is 0 Å². The van der Waals surface area contributed by atoms with Crippen LogP contribution in [0.2, 0.25) is 0 Å². The van der Waals surface area contributed by atoms with Crippen LogP contribution in [0.3, 0.4) is 0 Å². The largest absolute Gasteiger partial charge is 0.341 e. The van der Waals surface area contributed by atoms with Crippen molar-refractivity contribution in [3.63, 3.8) is 0 Å². The molecule has 2 N–H and O–H groups in total. The lowest BCUT2D eigenvalue weighted by Crippen LogP contribution is -2.46. The molecule has 4 rings (SSSR count). The topological polar surface area (TPSA) is 95.6 Å². The summed E-state index contributed by atoms with van der Waals surface area (Å²) < 4.78 is 29.3. The van der Waals surface area contributed by atoms with Gasteiger partial charge in [-0.3, -0.25) is 9.59 Å². The van der Waals surface area contributed by atoms with Gasteiger partial charge >= 0.3 is 0 Å². The summed E-state index contributed by atoms with van der Waals surface area (Å²) in [5.41, 5.74) is 2.01. The summed E-state index contributed by atoms with van der Waals surface area (Å²) in [4.78, 5) is 26.9. The summed E-state index contributed by atoms with van der Waals surface area (Å²) in [6, 6.07) is 12.7. The predicted molar refractivity (Wildman–Crippen MR) is 123 cm³/mol. The molecule has 0 aromatic heterocycles. The van der Waals surface area contributed by atoms with Gasteiger partial charge in [-0.05, 0) is 48.6 Å². The van der Waals surface area contributed by atoms with Gasteiger partial charge in [-0.2, -0.15) is 4.72 Å². The molecule has 1 aliphatic heterocycles. The molecule has 32 heavy (non-hydrogen) atoms. The smallest absolute Gasteiger partial charge is 0.245 e. The van der Waals surface area contributed by atoms with Crippen molar-refractivity contribution in [2.75, 3.05) is 12.4 Å². The van der Waals surface area contributed by atoms with E-state index in [9.17, 15) is 18.0 Å². The molecule has 1 fully saturated rings. The molecule has 1 aliphatic carbocycles. The zero-order valence-corrected chi connectivity index (χ0v) is 19.0. The molecule has 1 saturated carbocycles. The predicted octanol–water partition coefficient (Wildman–Crippen LogP) is 3.38. The molecule has 1 atom stereocenters. The van der Waals surface area contributed by atoms with Gasteiger partial charge < -0.3 is 10.2 Å². The van der Waals surface area contributed by atoms with Crippen molar-refractivity contribution >= 4 is 27.5 Å². The third-order valence-electron chi connectivity index (χ3n) is 6.41. The van der Waals surface area contributed by atoms with Gasteiger partial charge in [0.1, 0.15) is 6.04 Å². The lowest BCUT2D eigenvalue weighted by Gasteiger charge is -2.34. The van der Waals surface area contributed by atoms with Gasteiger partial charge in [-0.25, -0.2) is 8.42 Å². The Kier molecular flexibility index (Phi) is 6.62. The molecular formula is C24H29N3O4S. The fourth-order valence-corrected chi connectivity index (χ4v) is 5.74. The number of anilines is 1. The number of rotatable bonds is 6. The van der Waals surface area contributed by atoms with Gasteiger partial charge in [0, 0.05) is 25.2 Å². The van der Waals surface area contributed by atoms with E-state index in [-0.39, 0.29) is 22.8 Å². The highest BCUT2D eigenvalue weighted by molar-refractivity contribution is 7.89. The average molecular weight is 456 g/mol. The fraction of sp³-hybridized carbons (Fsp3) is 0.417. The number of amides is 2. The molecule has 8 heteroatoms. The van der Waals surface area contributed by atoms with E-state index in [1.165, 1.54) is 12.5 Å². The fourth-order valence-electron chi connectivity index (χ4n) is 4.51. The highest BCUT2D eigenvalue weighted by atomic mass is 32.2. The second-order valence-corrected chi connectivity index (χ2v) is 10.3. The van der Waals surface area contributed by atoms with Gasteiger partial charge in [-0.15, -0.1) is 0 Å². The number of nitrogens with zero attached hydrogens (tertiary/aromatic N) is 1. The molecule has 0 unspecified atom stereocenters. The van der Waals surface area contributed by atoms with Crippen LogP contribution in [0.15, 0.2) is 53.4 Å². The maximum Gasteiger partial charge on any atom is 0.245 e. The number of hydrogen-bond donors (Lipinski definition) is 2. The minimum atomic E-state index is -3.97. The van der Waals surface area contributed by atoms with E-state index >= 15 is 0 Å². The molecule has 2 aliphatic rings. The Morgan fingerprint density at radius 1 is 1.06 bits per heavy atom. The number of fused-ring (bicyclic) bond motifs is 1. The zero-order chi connectivity index (χ0) is 22.7. The average Bonchev–Trinajstić information content (AvgIpc) is 2.82. The van der Waals surface area contributed by atoms with E-state index in [2.05, 4.69) is 10.0 Å². The second kappa shape index (κ2) is 9.42. The highest BCUT2D eigenvalue weighted by Crippen LogP contribution is 2.28. The molecule has 1 heterocycles. The van der Waals surface area contributed by atoms with Crippen molar-refractivity contribution in [3.05, 3.63) is 59.7 Å². The van der Waals surface area contributed by atoms with E-state index in [4.69, 9.17) is 0 Å². The van der Waals surface area contributed by atoms with Crippen molar-refractivity contribution in [2.24, 2.45) is 0 Å². The Morgan fingerprint density at radius 2 is 1.78 bits per heavy atom. The Morgan fingerprint density at radius 3 is 2.50 bits per heavy atom. The maximum absolute atomic E-state index is 13.5. The Hall–Kier alpha value is -2.71. The molecule has 0 radical (unpaired) electrons. The SMILES string of the molecule is CN(C(=O)[C@H](NS(=O)(=O)c1ccc2c(c1)CCC(=O)N2)c1ccccc1)C1CCCCC1. The Balaban J connectivity index is 1.62. The van der Waals surface area contributed by atoms with Gasteiger partial charge in [-0.1, -0.05) is 49.6 Å². The summed E-state index contributed by atoms with van der Waals surface area (Å²) in [5.74, 6) is -0.330. The quantitative estimate of drug-likeness (QED) is 0.698. The highest BCUT2D eigenvalue weighted by Gasteiger charge is 2.33. The molecule has 0 spiro atoms. The van der Waals surface area contributed by atoms with Gasteiger partial charge in [0.25, 0.3) is 0 Å². The van der Waals surface area contributed by atoms with Crippen LogP contribution in [-0.2, 0) is 26.0 Å². The Bertz CT molecular complexity index is 1100. The van der Waals surface area contributed by atoms with E-state index in [1.54, 1.807) is 48.3 Å². The van der Waals surface area contributed by atoms with Crippen LogP contribution in [0.25, 0.3) is 0 Å². The monoisotopic (exact) mass is 455 g/mol. The first-order valence-corrected chi connectivity index (χ1v) is 12.6. The van der Waals surface area contributed by atoms with E-state index in [0.717, 1.165) is 31.2 Å². The molecule has 0 bridgehead atoms. The van der Waals surface area contributed by atoms with Crippen LogP contribution in [-0.4, -0.2) is 38.2 Å². The van der Waals surface area contributed by atoms with E-state index in [1.807, 2.05) is 6.07 Å². The first-order chi connectivity index (χ1) is 15.3. The number of carbonyl (C=O) groups is 2. The summed E-state index contributed by atoms with van der Waals surface area (Å²) in [6.07, 6.45) is 6.01. The maximum atomic E-state index is 13.5. The zero-order valence-electron chi connectivity index (χ0n) is 18.2. The van der Waals surface area contributed by atoms with Crippen LogP contribution >= 0.6 is 0 Å². The van der Waals surface area contributed by atoms with Gasteiger partial charge in [0.2, 0.25) is 21.8 Å². The molecule has 2 aromatic carbocycles. The Labute approximate surface area is 189 Å². The molecular weight excluding hydrogens is 426 g/mol. The third-order valence-corrected chi connectivity index (χ3v) is 7.83. The number of carbonyl (C=O) groups excluding carboxylic acids is 2. The van der Waals surface area contributed by atoms with Crippen LogP contribution < -0.4 is 10.0 Å². The number of benzene rings is 2. The minimum Gasteiger partial charge on any atom is -0.341 e. The van der Waals surface area contributed by atoms with Crippen LogP contribution in [0.1, 0.15) is 55.7 Å². The van der Waals surface area contributed by atoms with Crippen molar-refractivity contribution in [1.82, 2.24) is 9.62 Å². The minimum absolute atomic E-state index is 0.0771. The summed E-state index contributed by atoms with van der Waals surface area (Å²) >= 11 is 0.